The Hall–Kier alpha value is -1.14. The maximum atomic E-state index is 10.8. The van der Waals surface area contributed by atoms with Gasteiger partial charge in [0.2, 0.25) is 0 Å². The van der Waals surface area contributed by atoms with Crippen LogP contribution in [0.2, 0.25) is 0 Å². The van der Waals surface area contributed by atoms with E-state index in [-0.39, 0.29) is 10.9 Å². The summed E-state index contributed by atoms with van der Waals surface area (Å²) < 4.78 is 0. The van der Waals surface area contributed by atoms with Crippen LogP contribution in [0.25, 0.3) is 0 Å². The number of piperidine rings is 1. The number of hydrogen-bond acceptors (Lipinski definition) is 5. The summed E-state index contributed by atoms with van der Waals surface area (Å²) in [6.45, 7) is 5.44. The van der Waals surface area contributed by atoms with Crippen LogP contribution in [-0.4, -0.2) is 46.6 Å². The average Bonchev–Trinajstić information content (AvgIpc) is 2.78. The first-order chi connectivity index (χ1) is 8.65. The molecule has 0 amide bonds. The van der Waals surface area contributed by atoms with Crippen LogP contribution in [0.15, 0.2) is 6.20 Å². The van der Waals surface area contributed by atoms with Gasteiger partial charge in [0.15, 0.2) is 5.13 Å². The number of carboxylic acids is 1. The Kier molecular flexibility index (Phi) is 4.54. The maximum absolute atomic E-state index is 10.8. The van der Waals surface area contributed by atoms with Gasteiger partial charge in [-0.25, -0.2) is 9.78 Å². The summed E-state index contributed by atoms with van der Waals surface area (Å²) in [5.74, 6) is -0.913. The predicted molar refractivity (Wildman–Crippen MR) is 72.4 cm³/mol. The zero-order valence-corrected chi connectivity index (χ0v) is 11.4. The highest BCUT2D eigenvalue weighted by atomic mass is 32.1. The fraction of sp³-hybridized carbons (Fsp3) is 0.667. The van der Waals surface area contributed by atoms with Crippen molar-refractivity contribution in [3.8, 4) is 0 Å². The number of hydrogen-bond donors (Lipinski definition) is 2. The number of thiazole rings is 1. The van der Waals surface area contributed by atoms with Crippen molar-refractivity contribution in [3.05, 3.63) is 11.1 Å². The molecule has 0 spiro atoms. The third-order valence-electron chi connectivity index (χ3n) is 3.07. The standard InChI is InChI=1S/C12H19N3O2S/c1-9(8-15-5-3-2-4-6-15)14-12-13-7-10(18-12)11(16)17/h7,9H,2-6,8H2,1H3,(H,13,14)(H,16,17). The molecule has 1 aromatic heterocycles. The van der Waals surface area contributed by atoms with E-state index in [4.69, 9.17) is 5.11 Å². The molecule has 0 bridgehead atoms. The van der Waals surface area contributed by atoms with Crippen molar-refractivity contribution in [1.82, 2.24) is 9.88 Å². The summed E-state index contributed by atoms with van der Waals surface area (Å²) in [6.07, 6.45) is 5.32. The minimum Gasteiger partial charge on any atom is -0.477 e. The van der Waals surface area contributed by atoms with Crippen molar-refractivity contribution in [2.45, 2.75) is 32.2 Å². The molecule has 1 saturated heterocycles. The first-order valence-electron chi connectivity index (χ1n) is 6.33. The SMILES string of the molecule is CC(CN1CCCCC1)Nc1ncc(C(=O)O)s1. The molecule has 2 N–H and O–H groups in total. The van der Waals surface area contributed by atoms with Crippen molar-refractivity contribution >= 4 is 22.4 Å². The minimum atomic E-state index is -0.913. The normalized spacial score (nSPS) is 18.5. The maximum Gasteiger partial charge on any atom is 0.347 e. The summed E-state index contributed by atoms with van der Waals surface area (Å²) in [4.78, 5) is 17.6. The van der Waals surface area contributed by atoms with E-state index in [1.807, 2.05) is 0 Å². The lowest BCUT2D eigenvalue weighted by molar-refractivity contribution is 0.0702. The fourth-order valence-electron chi connectivity index (χ4n) is 2.23. The van der Waals surface area contributed by atoms with E-state index in [0.717, 1.165) is 6.54 Å². The molecule has 1 atom stereocenters. The Balaban J connectivity index is 1.82. The predicted octanol–water partition coefficient (Wildman–Crippen LogP) is 2.13. The molecule has 1 aliphatic rings. The van der Waals surface area contributed by atoms with E-state index in [1.165, 1.54) is 49.9 Å². The molecule has 5 nitrogen and oxygen atoms in total. The van der Waals surface area contributed by atoms with Gasteiger partial charge in [-0.3, -0.25) is 0 Å². The van der Waals surface area contributed by atoms with Crippen molar-refractivity contribution in [2.24, 2.45) is 0 Å². The summed E-state index contributed by atoms with van der Waals surface area (Å²) in [6, 6.07) is 0.288. The Bertz CT molecular complexity index is 402. The summed E-state index contributed by atoms with van der Waals surface area (Å²) in [7, 11) is 0. The van der Waals surface area contributed by atoms with Gasteiger partial charge in [0.05, 0.1) is 6.20 Å². The van der Waals surface area contributed by atoms with Crippen LogP contribution in [0.4, 0.5) is 5.13 Å². The Morgan fingerprint density at radius 3 is 2.89 bits per heavy atom. The van der Waals surface area contributed by atoms with Crippen LogP contribution >= 0.6 is 11.3 Å². The van der Waals surface area contributed by atoms with E-state index >= 15 is 0 Å². The van der Waals surface area contributed by atoms with Gasteiger partial charge in [-0.15, -0.1) is 0 Å². The van der Waals surface area contributed by atoms with Gasteiger partial charge in [-0.1, -0.05) is 17.8 Å². The molecule has 1 unspecified atom stereocenters. The number of rotatable bonds is 5. The molecule has 1 aliphatic heterocycles. The first kappa shape index (κ1) is 13.3. The Labute approximate surface area is 111 Å². The molecule has 0 saturated carbocycles. The van der Waals surface area contributed by atoms with Crippen LogP contribution in [0.5, 0.6) is 0 Å². The Morgan fingerprint density at radius 2 is 2.28 bits per heavy atom. The summed E-state index contributed by atoms with van der Waals surface area (Å²) >= 11 is 1.19. The van der Waals surface area contributed by atoms with E-state index in [9.17, 15) is 4.79 Å². The molecule has 0 aliphatic carbocycles. The highest BCUT2D eigenvalue weighted by molar-refractivity contribution is 7.17. The number of aromatic nitrogens is 1. The number of nitrogens with zero attached hydrogens (tertiary/aromatic N) is 2. The van der Waals surface area contributed by atoms with Crippen molar-refractivity contribution in [2.75, 3.05) is 25.0 Å². The van der Waals surface area contributed by atoms with E-state index in [0.29, 0.717) is 5.13 Å². The molecule has 1 aromatic rings. The van der Waals surface area contributed by atoms with Crippen LogP contribution in [-0.2, 0) is 0 Å². The summed E-state index contributed by atoms with van der Waals surface area (Å²) in [5, 5.41) is 12.8. The van der Waals surface area contributed by atoms with Gasteiger partial charge in [0, 0.05) is 12.6 Å². The number of aromatic carboxylic acids is 1. The van der Waals surface area contributed by atoms with Gasteiger partial charge in [0.1, 0.15) is 4.88 Å². The Morgan fingerprint density at radius 1 is 1.56 bits per heavy atom. The fourth-order valence-corrected chi connectivity index (χ4v) is 2.99. The third kappa shape index (κ3) is 3.68. The lowest BCUT2D eigenvalue weighted by Crippen LogP contribution is -2.38. The smallest absolute Gasteiger partial charge is 0.347 e. The molecule has 2 heterocycles. The minimum absolute atomic E-state index is 0.280. The van der Waals surface area contributed by atoms with Crippen LogP contribution in [0.1, 0.15) is 35.9 Å². The summed E-state index contributed by atoms with van der Waals surface area (Å²) in [5.41, 5.74) is 0. The van der Waals surface area contributed by atoms with Gasteiger partial charge < -0.3 is 15.3 Å². The van der Waals surface area contributed by atoms with Crippen LogP contribution < -0.4 is 5.32 Å². The van der Waals surface area contributed by atoms with Gasteiger partial charge in [0.25, 0.3) is 0 Å². The number of nitrogens with one attached hydrogen (secondary N) is 1. The first-order valence-corrected chi connectivity index (χ1v) is 7.15. The lowest BCUT2D eigenvalue weighted by Gasteiger charge is -2.29. The largest absolute Gasteiger partial charge is 0.477 e. The number of carbonyl (C=O) groups is 1. The second-order valence-electron chi connectivity index (χ2n) is 4.74. The van der Waals surface area contributed by atoms with E-state index in [2.05, 4.69) is 22.1 Å². The lowest BCUT2D eigenvalue weighted by atomic mass is 10.1. The van der Waals surface area contributed by atoms with Crippen LogP contribution in [0, 0.1) is 0 Å². The average molecular weight is 269 g/mol. The monoisotopic (exact) mass is 269 g/mol. The van der Waals surface area contributed by atoms with Crippen molar-refractivity contribution in [3.63, 3.8) is 0 Å². The van der Waals surface area contributed by atoms with Gasteiger partial charge >= 0.3 is 5.97 Å². The second-order valence-corrected chi connectivity index (χ2v) is 5.77. The molecule has 0 aromatic carbocycles. The van der Waals surface area contributed by atoms with Gasteiger partial charge in [-0.2, -0.15) is 0 Å². The highest BCUT2D eigenvalue weighted by Crippen LogP contribution is 2.19. The highest BCUT2D eigenvalue weighted by Gasteiger charge is 2.15. The number of anilines is 1. The molecule has 18 heavy (non-hydrogen) atoms. The zero-order valence-electron chi connectivity index (χ0n) is 10.6. The number of likely N-dealkylation sites (tertiary alicyclic amines) is 1. The topological polar surface area (TPSA) is 65.5 Å². The molecule has 100 valence electrons. The van der Waals surface area contributed by atoms with Crippen molar-refractivity contribution in [1.29, 1.82) is 0 Å². The third-order valence-corrected chi connectivity index (χ3v) is 3.98. The molecular weight excluding hydrogens is 250 g/mol. The van der Waals surface area contributed by atoms with Crippen LogP contribution in [0.3, 0.4) is 0 Å². The molecular formula is C12H19N3O2S. The molecule has 2 rings (SSSR count). The van der Waals surface area contributed by atoms with Gasteiger partial charge in [-0.05, 0) is 32.9 Å². The van der Waals surface area contributed by atoms with E-state index < -0.39 is 5.97 Å². The molecule has 0 radical (unpaired) electrons. The number of carboxylic acid groups (broad SMARTS) is 1. The zero-order chi connectivity index (χ0) is 13.0. The second kappa shape index (κ2) is 6.15. The van der Waals surface area contributed by atoms with Crippen molar-refractivity contribution < 1.29 is 9.90 Å². The quantitative estimate of drug-likeness (QED) is 0.857. The molecule has 6 heteroatoms. The molecule has 1 fully saturated rings. The van der Waals surface area contributed by atoms with E-state index in [1.54, 1.807) is 0 Å².